The fourth-order valence-corrected chi connectivity index (χ4v) is 6.85. The fourth-order valence-electron chi connectivity index (χ4n) is 6.49. The number of nitrogens with one attached hydrogen (secondary N) is 3. The topological polar surface area (TPSA) is 105 Å². The zero-order valence-corrected chi connectivity index (χ0v) is 22.1. The molecular formula is C28H25Cl2FN4O3. The molecule has 0 radical (unpaired) electrons. The highest BCUT2D eigenvalue weighted by Gasteiger charge is 2.64. The number of halogens is 3. The smallest absolute Gasteiger partial charge is 0.338 e. The third-order valence-corrected chi connectivity index (χ3v) is 8.74. The maximum Gasteiger partial charge on any atom is 0.338 e. The van der Waals surface area contributed by atoms with E-state index in [1.807, 2.05) is 12.1 Å². The third kappa shape index (κ3) is 3.48. The average molecular weight is 555 g/mol. The van der Waals surface area contributed by atoms with E-state index in [1.54, 1.807) is 37.3 Å². The largest absolute Gasteiger partial charge is 0.465 e. The summed E-state index contributed by atoms with van der Waals surface area (Å²) in [5.41, 5.74) is 9.26. The van der Waals surface area contributed by atoms with Crippen molar-refractivity contribution in [3.05, 3.63) is 92.2 Å². The summed E-state index contributed by atoms with van der Waals surface area (Å²) in [6.07, 6.45) is 0.586. The highest BCUT2D eigenvalue weighted by atomic mass is 35.5. The third-order valence-electron chi connectivity index (χ3n) is 8.21. The lowest BCUT2D eigenvalue weighted by Crippen LogP contribution is -2.50. The van der Waals surface area contributed by atoms with Crippen LogP contribution in [-0.4, -0.2) is 31.1 Å². The zero-order valence-electron chi connectivity index (χ0n) is 20.6. The van der Waals surface area contributed by atoms with Crippen molar-refractivity contribution in [3.8, 4) is 0 Å². The Hall–Kier alpha value is -3.17. The van der Waals surface area contributed by atoms with Crippen LogP contribution in [0.15, 0.2) is 48.5 Å². The molecule has 3 aliphatic heterocycles. The molecule has 6 rings (SSSR count). The molecule has 1 spiro atoms. The van der Waals surface area contributed by atoms with Gasteiger partial charge in [0, 0.05) is 46.0 Å². The van der Waals surface area contributed by atoms with Crippen LogP contribution in [0.4, 0.5) is 15.8 Å². The number of nitrogens with two attached hydrogens (primary N) is 1. The van der Waals surface area contributed by atoms with Crippen molar-refractivity contribution in [2.45, 2.75) is 42.9 Å². The Morgan fingerprint density at radius 1 is 1.16 bits per heavy atom. The molecule has 196 valence electrons. The molecule has 1 amide bonds. The lowest BCUT2D eigenvalue weighted by Gasteiger charge is -2.34. The van der Waals surface area contributed by atoms with Crippen LogP contribution in [0.25, 0.3) is 0 Å². The first-order valence-electron chi connectivity index (χ1n) is 12.2. The number of carbonyl (C=O) groups is 2. The minimum Gasteiger partial charge on any atom is -0.465 e. The normalized spacial score (nSPS) is 27.3. The summed E-state index contributed by atoms with van der Waals surface area (Å²) in [6.45, 7) is 1.78. The number of fused-ring (bicyclic) bond motifs is 3. The molecule has 0 aromatic heterocycles. The summed E-state index contributed by atoms with van der Waals surface area (Å²) in [5.74, 6) is -1.91. The van der Waals surface area contributed by atoms with Crippen LogP contribution in [0.2, 0.25) is 10.0 Å². The van der Waals surface area contributed by atoms with E-state index in [0.29, 0.717) is 45.1 Å². The van der Waals surface area contributed by atoms with Crippen molar-refractivity contribution >= 4 is 46.5 Å². The van der Waals surface area contributed by atoms with E-state index in [4.69, 9.17) is 33.7 Å². The Kier molecular flexibility index (Phi) is 5.92. The maximum atomic E-state index is 15.6. The number of carbonyl (C=O) groups excluding carboxylic acids is 2. The number of benzene rings is 3. The number of hydrogen-bond donors (Lipinski definition) is 4. The Labute approximate surface area is 228 Å². The van der Waals surface area contributed by atoms with Gasteiger partial charge >= 0.3 is 5.97 Å². The number of rotatable bonds is 3. The van der Waals surface area contributed by atoms with Gasteiger partial charge in [0.15, 0.2) is 0 Å². The van der Waals surface area contributed by atoms with Gasteiger partial charge in [0.05, 0.1) is 17.7 Å². The summed E-state index contributed by atoms with van der Waals surface area (Å²) < 4.78 is 20.5. The Balaban J connectivity index is 1.45. The number of amides is 1. The maximum absolute atomic E-state index is 15.6. The summed E-state index contributed by atoms with van der Waals surface area (Å²) in [7, 11) is 1.33. The molecule has 10 heteroatoms. The molecule has 0 saturated carbocycles. The second-order valence-corrected chi connectivity index (χ2v) is 10.9. The van der Waals surface area contributed by atoms with E-state index < -0.39 is 23.2 Å². The van der Waals surface area contributed by atoms with Crippen LogP contribution in [0.3, 0.4) is 0 Å². The monoisotopic (exact) mass is 554 g/mol. The first kappa shape index (κ1) is 25.1. The second kappa shape index (κ2) is 8.95. The molecule has 3 aliphatic rings. The molecule has 7 nitrogen and oxygen atoms in total. The van der Waals surface area contributed by atoms with Crippen LogP contribution in [0.5, 0.6) is 0 Å². The van der Waals surface area contributed by atoms with Crippen molar-refractivity contribution in [1.29, 1.82) is 0 Å². The Morgan fingerprint density at radius 2 is 1.95 bits per heavy atom. The van der Waals surface area contributed by atoms with Crippen LogP contribution < -0.4 is 21.7 Å². The van der Waals surface area contributed by atoms with E-state index in [0.717, 1.165) is 5.56 Å². The van der Waals surface area contributed by atoms with Crippen LogP contribution in [0.1, 0.15) is 51.0 Å². The van der Waals surface area contributed by atoms with E-state index >= 15 is 4.39 Å². The molecule has 1 unspecified atom stereocenters. The molecular weight excluding hydrogens is 530 g/mol. The fraction of sp³-hybridized carbons (Fsp3) is 0.286. The van der Waals surface area contributed by atoms with E-state index in [-0.39, 0.29) is 29.1 Å². The molecule has 3 aromatic carbocycles. The highest BCUT2D eigenvalue weighted by Crippen LogP contribution is 2.55. The van der Waals surface area contributed by atoms with E-state index in [9.17, 15) is 9.59 Å². The zero-order chi connectivity index (χ0) is 26.9. The molecule has 0 aliphatic carbocycles. The first-order chi connectivity index (χ1) is 18.2. The number of nitrogen functional groups attached to an aromatic ring is 1. The Bertz CT molecular complexity index is 1520. The summed E-state index contributed by atoms with van der Waals surface area (Å²) in [5, 5.41) is 10.6. The number of ether oxygens (including phenoxy) is 1. The minimum absolute atomic E-state index is 0.0105. The number of esters is 1. The Morgan fingerprint density at radius 3 is 2.71 bits per heavy atom. The van der Waals surface area contributed by atoms with Gasteiger partial charge in [-0.2, -0.15) is 0 Å². The molecule has 0 bridgehead atoms. The number of hydrogen-bond acceptors (Lipinski definition) is 6. The van der Waals surface area contributed by atoms with E-state index in [1.165, 1.54) is 13.2 Å². The van der Waals surface area contributed by atoms with Gasteiger partial charge in [-0.1, -0.05) is 47.5 Å². The lowest BCUT2D eigenvalue weighted by molar-refractivity contribution is -0.122. The van der Waals surface area contributed by atoms with Gasteiger partial charge in [-0.25, -0.2) is 9.18 Å². The van der Waals surface area contributed by atoms with Gasteiger partial charge in [-0.3, -0.25) is 10.1 Å². The number of methoxy groups -OCH3 is 1. The van der Waals surface area contributed by atoms with Crippen molar-refractivity contribution in [1.82, 2.24) is 10.6 Å². The lowest BCUT2D eigenvalue weighted by atomic mass is 9.74. The van der Waals surface area contributed by atoms with Crippen LogP contribution in [0, 0.1) is 12.7 Å². The molecule has 5 atom stereocenters. The summed E-state index contributed by atoms with van der Waals surface area (Å²) in [4.78, 5) is 25.8. The van der Waals surface area contributed by atoms with Gasteiger partial charge in [0.2, 0.25) is 5.91 Å². The van der Waals surface area contributed by atoms with Crippen molar-refractivity contribution < 1.29 is 18.7 Å². The van der Waals surface area contributed by atoms with Gasteiger partial charge in [0.1, 0.15) is 11.4 Å². The SMILES string of the molecule is COC(=O)c1ccc(C2C[C@@H]3N[C@@]4(C(=O)Nc5cc(Cl)ccc54)[C@@H](c4cccc(Cl)c4F)[C@@H]3N2)c(N)c1C. The van der Waals surface area contributed by atoms with Crippen molar-refractivity contribution in [2.24, 2.45) is 0 Å². The predicted molar refractivity (Wildman–Crippen MR) is 144 cm³/mol. The molecule has 2 saturated heterocycles. The average Bonchev–Trinajstić information content (AvgIpc) is 3.51. The number of anilines is 2. The quantitative estimate of drug-likeness (QED) is 0.273. The minimum atomic E-state index is -1.23. The highest BCUT2D eigenvalue weighted by molar-refractivity contribution is 6.31. The standard InChI is InChI=1S/C28H25Cl2FN4O3/c1-12-14(26(36)38-2)7-8-15(24(12)32)19-11-21-25(33-19)22(16-4-3-5-18(30)23(16)31)28(35-21)17-9-6-13(29)10-20(17)34-27(28)37/h3-10,19,21-22,25,33,35H,11,32H2,1-2H3,(H,34,37)/t19?,21-,22-,25+,28+/m0/s1. The van der Waals surface area contributed by atoms with Gasteiger partial charge in [0.25, 0.3) is 0 Å². The molecule has 3 aromatic rings. The van der Waals surface area contributed by atoms with Crippen LogP contribution in [-0.2, 0) is 15.1 Å². The second-order valence-electron chi connectivity index (χ2n) is 10.0. The molecule has 38 heavy (non-hydrogen) atoms. The summed E-state index contributed by atoms with van der Waals surface area (Å²) in [6, 6.07) is 12.9. The molecule has 3 heterocycles. The predicted octanol–water partition coefficient (Wildman–Crippen LogP) is 4.82. The molecule has 5 N–H and O–H groups in total. The van der Waals surface area contributed by atoms with Crippen molar-refractivity contribution in [2.75, 3.05) is 18.2 Å². The van der Waals surface area contributed by atoms with Gasteiger partial charge in [-0.15, -0.1) is 0 Å². The van der Waals surface area contributed by atoms with E-state index in [2.05, 4.69) is 16.0 Å². The van der Waals surface area contributed by atoms with Crippen LogP contribution >= 0.6 is 23.2 Å². The van der Waals surface area contributed by atoms with Crippen molar-refractivity contribution in [3.63, 3.8) is 0 Å². The molecule has 2 fully saturated rings. The van der Waals surface area contributed by atoms with Gasteiger partial charge < -0.3 is 21.1 Å². The van der Waals surface area contributed by atoms with Gasteiger partial charge in [-0.05, 0) is 54.3 Å². The first-order valence-corrected chi connectivity index (χ1v) is 13.0. The summed E-state index contributed by atoms with van der Waals surface area (Å²) >= 11 is 12.4.